The van der Waals surface area contributed by atoms with Crippen LogP contribution in [0.1, 0.15) is 45.2 Å². The quantitative estimate of drug-likeness (QED) is 0.778. The average molecular weight is 273 g/mol. The molecule has 2 aliphatic rings. The van der Waals surface area contributed by atoms with Crippen molar-refractivity contribution in [2.45, 2.75) is 45.4 Å². The molecule has 4 heteroatoms. The molecule has 1 aromatic rings. The van der Waals surface area contributed by atoms with Crippen molar-refractivity contribution in [2.75, 3.05) is 0 Å². The summed E-state index contributed by atoms with van der Waals surface area (Å²) in [6.07, 6.45) is 0.680. The summed E-state index contributed by atoms with van der Waals surface area (Å²) in [5, 5.41) is 0. The fourth-order valence-electron chi connectivity index (χ4n) is 3.55. The number of hydrogen-bond acceptors (Lipinski definition) is 3. The molecule has 0 aliphatic carbocycles. The monoisotopic (exact) mass is 273 g/mol. The molecule has 2 heterocycles. The molecule has 2 aliphatic heterocycles. The summed E-state index contributed by atoms with van der Waals surface area (Å²) in [6, 6.07) is 9.73. The number of rotatable bonds is 2. The molecule has 0 spiro atoms. The molecule has 4 nitrogen and oxygen atoms in total. The van der Waals surface area contributed by atoms with Gasteiger partial charge in [-0.3, -0.25) is 14.5 Å². The summed E-state index contributed by atoms with van der Waals surface area (Å²) in [6.45, 7) is 5.81. The number of carbonyl (C=O) groups is 2. The lowest BCUT2D eigenvalue weighted by Gasteiger charge is -2.41. The molecule has 1 aromatic carbocycles. The molecule has 0 radical (unpaired) electrons. The van der Waals surface area contributed by atoms with E-state index in [1.807, 2.05) is 51.1 Å². The maximum atomic E-state index is 12.5. The van der Waals surface area contributed by atoms with E-state index in [0.717, 1.165) is 5.56 Å². The second-order valence-electron chi connectivity index (χ2n) is 6.22. The van der Waals surface area contributed by atoms with Gasteiger partial charge in [-0.25, -0.2) is 0 Å². The molecule has 3 atom stereocenters. The molecular formula is C16H19NO3. The highest BCUT2D eigenvalue weighted by atomic mass is 16.6. The molecule has 0 aromatic heterocycles. The molecule has 0 saturated carbocycles. The first-order valence-corrected chi connectivity index (χ1v) is 6.96. The first-order chi connectivity index (χ1) is 9.37. The van der Waals surface area contributed by atoms with Crippen molar-refractivity contribution < 1.29 is 14.3 Å². The number of fused-ring (bicyclic) bond motifs is 1. The van der Waals surface area contributed by atoms with Crippen molar-refractivity contribution in [3.05, 3.63) is 35.9 Å². The van der Waals surface area contributed by atoms with Crippen molar-refractivity contribution in [1.82, 2.24) is 4.90 Å². The first kappa shape index (κ1) is 13.2. The Morgan fingerprint density at radius 3 is 2.45 bits per heavy atom. The Balaban J connectivity index is 2.01. The predicted molar refractivity (Wildman–Crippen MR) is 73.5 cm³/mol. The van der Waals surface area contributed by atoms with Gasteiger partial charge in [0, 0.05) is 11.8 Å². The van der Waals surface area contributed by atoms with Gasteiger partial charge in [-0.15, -0.1) is 0 Å². The topological polar surface area (TPSA) is 46.6 Å². The largest absolute Gasteiger partial charge is 0.438 e. The smallest absolute Gasteiger partial charge is 0.308 e. The van der Waals surface area contributed by atoms with Crippen molar-refractivity contribution in [3.8, 4) is 0 Å². The van der Waals surface area contributed by atoms with Crippen LogP contribution in [0.25, 0.3) is 0 Å². The lowest BCUT2D eigenvalue weighted by Crippen LogP contribution is -2.50. The molecule has 3 rings (SSSR count). The standard InChI is InChI=1S/C16H19NO3/c1-11(12-7-5-4-6-8-12)17-13(18)9-15(2)10-14(19)20-16(15,17)3/h4-8,11H,9-10H2,1-3H3/t11-,15+,16-/m0/s1. The Bertz CT molecular complexity index is 570. The zero-order valence-corrected chi connectivity index (χ0v) is 12.1. The van der Waals surface area contributed by atoms with E-state index < -0.39 is 11.1 Å². The SMILES string of the molecule is C[C@@H](c1ccccc1)N1C(=O)C[C@]2(C)CC(=O)O[C@]12C. The first-order valence-electron chi connectivity index (χ1n) is 6.96. The van der Waals surface area contributed by atoms with E-state index >= 15 is 0 Å². The van der Waals surface area contributed by atoms with Crippen molar-refractivity contribution in [3.63, 3.8) is 0 Å². The van der Waals surface area contributed by atoms with Crippen molar-refractivity contribution >= 4 is 11.9 Å². The minimum atomic E-state index is -0.837. The number of amides is 1. The fourth-order valence-corrected chi connectivity index (χ4v) is 3.55. The van der Waals surface area contributed by atoms with Gasteiger partial charge in [-0.05, 0) is 19.4 Å². The van der Waals surface area contributed by atoms with Gasteiger partial charge in [0.15, 0.2) is 5.72 Å². The lowest BCUT2D eigenvalue weighted by atomic mass is 9.79. The van der Waals surface area contributed by atoms with Gasteiger partial charge in [0.25, 0.3) is 0 Å². The van der Waals surface area contributed by atoms with Crippen LogP contribution in [0.4, 0.5) is 0 Å². The summed E-state index contributed by atoms with van der Waals surface area (Å²) < 4.78 is 5.57. The van der Waals surface area contributed by atoms with Crippen LogP contribution in [0, 0.1) is 5.41 Å². The number of carbonyl (C=O) groups excluding carboxylic acids is 2. The third-order valence-corrected chi connectivity index (χ3v) is 4.91. The number of benzene rings is 1. The molecule has 0 bridgehead atoms. The van der Waals surface area contributed by atoms with Gasteiger partial charge < -0.3 is 4.74 Å². The summed E-state index contributed by atoms with van der Waals surface area (Å²) in [5.41, 5.74) is -0.213. The number of esters is 1. The van der Waals surface area contributed by atoms with Crippen molar-refractivity contribution in [1.29, 1.82) is 0 Å². The summed E-state index contributed by atoms with van der Waals surface area (Å²) in [5.74, 6) is -0.161. The molecule has 2 fully saturated rings. The number of ether oxygens (including phenoxy) is 1. The molecule has 20 heavy (non-hydrogen) atoms. The minimum Gasteiger partial charge on any atom is -0.438 e. The second kappa shape index (κ2) is 4.08. The molecule has 2 saturated heterocycles. The van der Waals surface area contributed by atoms with E-state index in [4.69, 9.17) is 4.74 Å². The fraction of sp³-hybridized carbons (Fsp3) is 0.500. The van der Waals surface area contributed by atoms with Crippen LogP contribution in [0.5, 0.6) is 0 Å². The highest BCUT2D eigenvalue weighted by Crippen LogP contribution is 2.56. The Labute approximate surface area is 118 Å². The van der Waals surface area contributed by atoms with E-state index in [9.17, 15) is 9.59 Å². The molecule has 106 valence electrons. The van der Waals surface area contributed by atoms with Gasteiger partial charge in [-0.1, -0.05) is 37.3 Å². The Morgan fingerprint density at radius 1 is 1.15 bits per heavy atom. The number of likely N-dealkylation sites (tertiary alicyclic amines) is 1. The van der Waals surface area contributed by atoms with E-state index in [1.54, 1.807) is 4.90 Å². The highest BCUT2D eigenvalue weighted by molar-refractivity contribution is 5.86. The van der Waals surface area contributed by atoms with Crippen molar-refractivity contribution in [2.24, 2.45) is 5.41 Å². The van der Waals surface area contributed by atoms with Crippen LogP contribution in [-0.2, 0) is 14.3 Å². The third-order valence-electron chi connectivity index (χ3n) is 4.91. The van der Waals surface area contributed by atoms with E-state index in [1.165, 1.54) is 0 Å². The van der Waals surface area contributed by atoms with Crippen LogP contribution in [0.15, 0.2) is 30.3 Å². The average Bonchev–Trinajstić information content (AvgIpc) is 2.70. The van der Waals surface area contributed by atoms with Gasteiger partial charge >= 0.3 is 5.97 Å². The molecule has 1 amide bonds. The van der Waals surface area contributed by atoms with Crippen LogP contribution in [0.3, 0.4) is 0 Å². The van der Waals surface area contributed by atoms with Crippen LogP contribution < -0.4 is 0 Å². The zero-order chi connectivity index (χ0) is 14.5. The Hall–Kier alpha value is -1.84. The summed E-state index contributed by atoms with van der Waals surface area (Å²) in [7, 11) is 0. The predicted octanol–water partition coefficient (Wildman–Crippen LogP) is 2.65. The number of hydrogen-bond donors (Lipinski definition) is 0. The summed E-state index contributed by atoms with van der Waals surface area (Å²) in [4.78, 5) is 25.9. The Kier molecular flexibility index (Phi) is 2.68. The lowest BCUT2D eigenvalue weighted by molar-refractivity contribution is -0.176. The van der Waals surface area contributed by atoms with E-state index in [-0.39, 0.29) is 17.9 Å². The third kappa shape index (κ3) is 1.60. The van der Waals surface area contributed by atoms with Gasteiger partial charge in [0.2, 0.25) is 5.91 Å². The van der Waals surface area contributed by atoms with Crippen LogP contribution in [0.2, 0.25) is 0 Å². The molecule has 0 unspecified atom stereocenters. The highest BCUT2D eigenvalue weighted by Gasteiger charge is 2.66. The van der Waals surface area contributed by atoms with Gasteiger partial charge in [0.05, 0.1) is 12.5 Å². The maximum absolute atomic E-state index is 12.5. The van der Waals surface area contributed by atoms with Gasteiger partial charge in [0.1, 0.15) is 0 Å². The maximum Gasteiger partial charge on any atom is 0.308 e. The van der Waals surface area contributed by atoms with E-state index in [0.29, 0.717) is 12.8 Å². The molecular weight excluding hydrogens is 254 g/mol. The van der Waals surface area contributed by atoms with Crippen LogP contribution >= 0.6 is 0 Å². The minimum absolute atomic E-state index is 0.0545. The Morgan fingerprint density at radius 2 is 1.80 bits per heavy atom. The normalized spacial score (nSPS) is 34.0. The van der Waals surface area contributed by atoms with Gasteiger partial charge in [-0.2, -0.15) is 0 Å². The summed E-state index contributed by atoms with van der Waals surface area (Å²) >= 11 is 0. The second-order valence-corrected chi connectivity index (χ2v) is 6.22. The zero-order valence-electron chi connectivity index (χ0n) is 12.1. The number of nitrogens with zero attached hydrogens (tertiary/aromatic N) is 1. The van der Waals surface area contributed by atoms with Crippen LogP contribution in [-0.4, -0.2) is 22.5 Å². The van der Waals surface area contributed by atoms with E-state index in [2.05, 4.69) is 0 Å². The molecule has 0 N–H and O–H groups in total.